The molecule has 0 amide bonds. The summed E-state index contributed by atoms with van der Waals surface area (Å²) in [5.41, 5.74) is 1.98. The van der Waals surface area contributed by atoms with Crippen molar-refractivity contribution < 1.29 is 4.39 Å². The van der Waals surface area contributed by atoms with Crippen molar-refractivity contribution in [3.8, 4) is 0 Å². The van der Waals surface area contributed by atoms with Crippen molar-refractivity contribution in [1.82, 2.24) is 9.97 Å². The van der Waals surface area contributed by atoms with Crippen LogP contribution in [0.1, 0.15) is 18.2 Å². The van der Waals surface area contributed by atoms with Crippen LogP contribution in [-0.4, -0.2) is 16.5 Å². The lowest BCUT2D eigenvalue weighted by Crippen LogP contribution is -2.07. The number of rotatable bonds is 5. The molecule has 3 nitrogen and oxygen atoms in total. The van der Waals surface area contributed by atoms with Crippen LogP contribution in [-0.2, 0) is 12.8 Å². The van der Waals surface area contributed by atoms with Gasteiger partial charge in [-0.1, -0.05) is 19.1 Å². The van der Waals surface area contributed by atoms with Gasteiger partial charge in [0.1, 0.15) is 11.6 Å². The van der Waals surface area contributed by atoms with Crippen molar-refractivity contribution >= 4 is 17.4 Å². The SMILES string of the molecule is CCc1cc(NCCc2ccc(F)cc2)nc(Cl)n1. The van der Waals surface area contributed by atoms with Crippen molar-refractivity contribution in [3.63, 3.8) is 0 Å². The Balaban J connectivity index is 1.92. The summed E-state index contributed by atoms with van der Waals surface area (Å²) in [6.45, 7) is 2.73. The summed E-state index contributed by atoms with van der Waals surface area (Å²) in [6, 6.07) is 8.37. The maximum Gasteiger partial charge on any atom is 0.224 e. The van der Waals surface area contributed by atoms with Crippen LogP contribution in [0.25, 0.3) is 0 Å². The monoisotopic (exact) mass is 279 g/mol. The molecule has 0 saturated carbocycles. The van der Waals surface area contributed by atoms with E-state index in [9.17, 15) is 4.39 Å². The zero-order valence-corrected chi connectivity index (χ0v) is 11.4. The Hall–Kier alpha value is -1.68. The number of hydrogen-bond acceptors (Lipinski definition) is 3. The second kappa shape index (κ2) is 6.48. The molecule has 0 radical (unpaired) electrons. The second-order valence-corrected chi connectivity index (χ2v) is 4.51. The van der Waals surface area contributed by atoms with E-state index < -0.39 is 0 Å². The van der Waals surface area contributed by atoms with Gasteiger partial charge in [0, 0.05) is 18.3 Å². The predicted octanol–water partition coefficient (Wildman–Crippen LogP) is 3.49. The standard InChI is InChI=1S/C14H15ClFN3/c1-2-12-9-13(19-14(15)18-12)17-8-7-10-3-5-11(16)6-4-10/h3-6,9H,2,7-8H2,1H3,(H,17,18,19). The fourth-order valence-corrected chi connectivity index (χ4v) is 1.92. The molecular weight excluding hydrogens is 265 g/mol. The van der Waals surface area contributed by atoms with Gasteiger partial charge in [-0.25, -0.2) is 14.4 Å². The lowest BCUT2D eigenvalue weighted by Gasteiger charge is -2.07. The summed E-state index contributed by atoms with van der Waals surface area (Å²) >= 11 is 5.84. The number of aromatic nitrogens is 2. The Morgan fingerprint density at radius 2 is 1.95 bits per heavy atom. The molecule has 1 heterocycles. The van der Waals surface area contributed by atoms with E-state index in [1.807, 2.05) is 13.0 Å². The highest BCUT2D eigenvalue weighted by molar-refractivity contribution is 6.28. The number of anilines is 1. The Labute approximate surface area is 116 Å². The van der Waals surface area contributed by atoms with Crippen LogP contribution in [0.4, 0.5) is 10.2 Å². The normalized spacial score (nSPS) is 10.5. The molecule has 1 aromatic carbocycles. The number of aryl methyl sites for hydroxylation is 1. The maximum atomic E-state index is 12.8. The first kappa shape index (κ1) is 13.7. The summed E-state index contributed by atoms with van der Waals surface area (Å²) < 4.78 is 12.8. The second-order valence-electron chi connectivity index (χ2n) is 4.17. The van der Waals surface area contributed by atoms with Crippen molar-refractivity contribution in [2.45, 2.75) is 19.8 Å². The first-order valence-electron chi connectivity index (χ1n) is 6.19. The minimum absolute atomic E-state index is 0.216. The van der Waals surface area contributed by atoms with Gasteiger partial charge in [-0.2, -0.15) is 0 Å². The summed E-state index contributed by atoms with van der Waals surface area (Å²) in [7, 11) is 0. The van der Waals surface area contributed by atoms with Crippen LogP contribution in [0.5, 0.6) is 0 Å². The Morgan fingerprint density at radius 3 is 2.63 bits per heavy atom. The van der Waals surface area contributed by atoms with Crippen LogP contribution < -0.4 is 5.32 Å². The first-order chi connectivity index (χ1) is 9.17. The van der Waals surface area contributed by atoms with Gasteiger partial charge in [0.05, 0.1) is 0 Å². The van der Waals surface area contributed by atoms with Gasteiger partial charge in [0.25, 0.3) is 0 Å². The molecule has 1 aromatic heterocycles. The van der Waals surface area contributed by atoms with Crippen LogP contribution in [0, 0.1) is 5.82 Å². The lowest BCUT2D eigenvalue weighted by atomic mass is 10.1. The van der Waals surface area contributed by atoms with Gasteiger partial charge in [0.2, 0.25) is 5.28 Å². The Morgan fingerprint density at radius 1 is 1.21 bits per heavy atom. The van der Waals surface area contributed by atoms with E-state index >= 15 is 0 Å². The molecule has 0 atom stereocenters. The fourth-order valence-electron chi connectivity index (χ4n) is 1.72. The average molecular weight is 280 g/mol. The van der Waals surface area contributed by atoms with Crippen molar-refractivity contribution in [3.05, 3.63) is 52.7 Å². The third-order valence-electron chi connectivity index (χ3n) is 2.75. The van der Waals surface area contributed by atoms with Gasteiger partial charge < -0.3 is 5.32 Å². The molecule has 100 valence electrons. The predicted molar refractivity (Wildman–Crippen MR) is 75.0 cm³/mol. The summed E-state index contributed by atoms with van der Waals surface area (Å²) in [5.74, 6) is 0.505. The molecule has 0 spiro atoms. The number of benzene rings is 1. The highest BCUT2D eigenvalue weighted by Gasteiger charge is 2.01. The van der Waals surface area contributed by atoms with Crippen LogP contribution in [0.2, 0.25) is 5.28 Å². The van der Waals surface area contributed by atoms with E-state index in [1.165, 1.54) is 12.1 Å². The zero-order chi connectivity index (χ0) is 13.7. The van der Waals surface area contributed by atoms with Gasteiger partial charge in [-0.05, 0) is 42.1 Å². The van der Waals surface area contributed by atoms with E-state index in [-0.39, 0.29) is 11.1 Å². The third-order valence-corrected chi connectivity index (χ3v) is 2.92. The number of nitrogens with one attached hydrogen (secondary N) is 1. The molecule has 1 N–H and O–H groups in total. The molecule has 2 aromatic rings. The molecule has 0 bridgehead atoms. The van der Waals surface area contributed by atoms with Gasteiger partial charge in [-0.3, -0.25) is 0 Å². The average Bonchev–Trinajstić information content (AvgIpc) is 2.40. The maximum absolute atomic E-state index is 12.8. The molecule has 5 heteroatoms. The number of nitrogens with zero attached hydrogens (tertiary/aromatic N) is 2. The summed E-state index contributed by atoms with van der Waals surface area (Å²) in [5, 5.41) is 3.45. The zero-order valence-electron chi connectivity index (χ0n) is 10.7. The largest absolute Gasteiger partial charge is 0.370 e. The van der Waals surface area contributed by atoms with Gasteiger partial charge in [0.15, 0.2) is 0 Å². The number of halogens is 2. The minimum Gasteiger partial charge on any atom is -0.370 e. The van der Waals surface area contributed by atoms with E-state index in [4.69, 9.17) is 11.6 Å². The first-order valence-corrected chi connectivity index (χ1v) is 6.57. The molecule has 0 unspecified atom stereocenters. The van der Waals surface area contributed by atoms with E-state index in [0.717, 1.165) is 29.9 Å². The third kappa shape index (κ3) is 4.17. The highest BCUT2D eigenvalue weighted by atomic mass is 35.5. The Bertz CT molecular complexity index is 543. The van der Waals surface area contributed by atoms with E-state index in [2.05, 4.69) is 15.3 Å². The van der Waals surface area contributed by atoms with Gasteiger partial charge in [-0.15, -0.1) is 0 Å². The molecule has 0 aliphatic carbocycles. The smallest absolute Gasteiger partial charge is 0.224 e. The molecule has 2 rings (SSSR count). The molecule has 0 aliphatic heterocycles. The molecular formula is C14H15ClFN3. The molecule has 0 saturated heterocycles. The summed E-state index contributed by atoms with van der Waals surface area (Å²) in [4.78, 5) is 8.21. The molecule has 0 aliphatic rings. The van der Waals surface area contributed by atoms with Crippen LogP contribution in [0.15, 0.2) is 30.3 Å². The fraction of sp³-hybridized carbons (Fsp3) is 0.286. The van der Waals surface area contributed by atoms with Crippen molar-refractivity contribution in [1.29, 1.82) is 0 Å². The van der Waals surface area contributed by atoms with Crippen LogP contribution in [0.3, 0.4) is 0 Å². The minimum atomic E-state index is -0.216. The van der Waals surface area contributed by atoms with E-state index in [1.54, 1.807) is 12.1 Å². The number of hydrogen-bond donors (Lipinski definition) is 1. The molecule has 19 heavy (non-hydrogen) atoms. The van der Waals surface area contributed by atoms with E-state index in [0.29, 0.717) is 6.54 Å². The van der Waals surface area contributed by atoms with Crippen LogP contribution >= 0.6 is 11.6 Å². The van der Waals surface area contributed by atoms with Crippen molar-refractivity contribution in [2.24, 2.45) is 0 Å². The quantitative estimate of drug-likeness (QED) is 0.852. The van der Waals surface area contributed by atoms with Gasteiger partial charge >= 0.3 is 0 Å². The molecule has 0 fully saturated rings. The van der Waals surface area contributed by atoms with Crippen molar-refractivity contribution in [2.75, 3.05) is 11.9 Å². The highest BCUT2D eigenvalue weighted by Crippen LogP contribution is 2.11. The summed E-state index contributed by atoms with van der Waals surface area (Å²) in [6.07, 6.45) is 1.61. The topological polar surface area (TPSA) is 37.8 Å². The lowest BCUT2D eigenvalue weighted by molar-refractivity contribution is 0.627. The Kier molecular flexibility index (Phi) is 4.68.